The molecule has 0 saturated carbocycles. The molecule has 0 unspecified atom stereocenters. The van der Waals surface area contributed by atoms with Gasteiger partial charge < -0.3 is 15.0 Å². The van der Waals surface area contributed by atoms with Crippen LogP contribution in [0.4, 0.5) is 27.6 Å². The summed E-state index contributed by atoms with van der Waals surface area (Å²) in [5.41, 5.74) is 1.28. The molecule has 1 amide bonds. The number of ether oxygens (including phenoxy) is 1. The lowest BCUT2D eigenvalue weighted by molar-refractivity contribution is -0.137. The van der Waals surface area contributed by atoms with Crippen LogP contribution in [0.3, 0.4) is 0 Å². The number of hydrogen-bond acceptors (Lipinski definition) is 4. The SMILES string of the molecule is O=C(NC1CCN(Cc2ccc(F)cc2)CC1)c1ccc(OC2CCN(c3ccc(C(F)(F)F)cc3)CC2)c(F)c1. The van der Waals surface area contributed by atoms with E-state index in [-0.39, 0.29) is 35.2 Å². The van der Waals surface area contributed by atoms with Crippen LogP contribution >= 0.6 is 0 Å². The zero-order chi connectivity index (χ0) is 29.0. The molecule has 0 radical (unpaired) electrons. The van der Waals surface area contributed by atoms with E-state index in [9.17, 15) is 26.7 Å². The number of carbonyl (C=O) groups excluding carboxylic acids is 1. The molecule has 5 nitrogen and oxygen atoms in total. The molecule has 0 aliphatic carbocycles. The molecule has 10 heteroatoms. The Bertz CT molecular complexity index is 1320. The van der Waals surface area contributed by atoms with E-state index < -0.39 is 17.6 Å². The third-order valence-corrected chi connectivity index (χ3v) is 7.73. The lowest BCUT2D eigenvalue weighted by atomic mass is 10.0. The Kier molecular flexibility index (Phi) is 8.77. The van der Waals surface area contributed by atoms with Gasteiger partial charge in [0.25, 0.3) is 5.91 Å². The third-order valence-electron chi connectivity index (χ3n) is 7.73. The highest BCUT2D eigenvalue weighted by molar-refractivity contribution is 5.94. The monoisotopic (exact) mass is 573 g/mol. The molecule has 218 valence electrons. The molecule has 0 atom stereocenters. The van der Waals surface area contributed by atoms with Crippen molar-refractivity contribution in [1.29, 1.82) is 0 Å². The topological polar surface area (TPSA) is 44.8 Å². The number of piperidine rings is 2. The summed E-state index contributed by atoms with van der Waals surface area (Å²) in [4.78, 5) is 17.0. The van der Waals surface area contributed by atoms with Gasteiger partial charge in [-0.15, -0.1) is 0 Å². The fourth-order valence-electron chi connectivity index (χ4n) is 5.36. The molecule has 2 heterocycles. The number of halogens is 5. The van der Waals surface area contributed by atoms with Gasteiger partial charge in [-0.2, -0.15) is 13.2 Å². The maximum atomic E-state index is 14.9. The maximum Gasteiger partial charge on any atom is 0.416 e. The van der Waals surface area contributed by atoms with Crippen LogP contribution in [0.25, 0.3) is 0 Å². The first-order valence-corrected chi connectivity index (χ1v) is 13.8. The normalized spacial score (nSPS) is 17.4. The standard InChI is InChI=1S/C31H32F5N3O2/c32-24-6-1-21(2-7-24)20-38-15-11-25(12-16-38)37-30(40)22-3-10-29(28(33)19-22)41-27-13-17-39(18-14-27)26-8-4-23(5-9-26)31(34,35)36/h1-10,19,25,27H,11-18,20H2,(H,37,40). The lowest BCUT2D eigenvalue weighted by Crippen LogP contribution is -2.44. The number of hydrogen-bond donors (Lipinski definition) is 1. The first-order chi connectivity index (χ1) is 19.6. The summed E-state index contributed by atoms with van der Waals surface area (Å²) in [5, 5.41) is 3.00. The van der Waals surface area contributed by atoms with E-state index in [1.54, 1.807) is 18.2 Å². The molecular formula is C31H32F5N3O2. The van der Waals surface area contributed by atoms with Gasteiger partial charge in [-0.1, -0.05) is 12.1 Å². The number of nitrogens with one attached hydrogen (secondary N) is 1. The van der Waals surface area contributed by atoms with Crippen molar-refractivity contribution in [3.05, 3.63) is 95.1 Å². The van der Waals surface area contributed by atoms with Gasteiger partial charge in [0.15, 0.2) is 11.6 Å². The minimum Gasteiger partial charge on any atom is -0.487 e. The summed E-state index contributed by atoms with van der Waals surface area (Å²) in [6.45, 7) is 3.45. The highest BCUT2D eigenvalue weighted by Gasteiger charge is 2.30. The fourth-order valence-corrected chi connectivity index (χ4v) is 5.36. The number of alkyl halides is 3. The van der Waals surface area contributed by atoms with Crippen LogP contribution in [0.5, 0.6) is 5.75 Å². The van der Waals surface area contributed by atoms with Gasteiger partial charge >= 0.3 is 6.18 Å². The van der Waals surface area contributed by atoms with Crippen molar-refractivity contribution in [2.75, 3.05) is 31.1 Å². The third kappa shape index (κ3) is 7.55. The molecule has 2 aliphatic heterocycles. The van der Waals surface area contributed by atoms with E-state index >= 15 is 0 Å². The second-order valence-corrected chi connectivity index (χ2v) is 10.6. The van der Waals surface area contributed by atoms with Crippen molar-refractivity contribution in [3.63, 3.8) is 0 Å². The van der Waals surface area contributed by atoms with E-state index in [2.05, 4.69) is 10.2 Å². The van der Waals surface area contributed by atoms with E-state index in [0.717, 1.165) is 50.2 Å². The predicted octanol–water partition coefficient (Wildman–Crippen LogP) is 6.43. The van der Waals surface area contributed by atoms with Gasteiger partial charge in [-0.25, -0.2) is 8.78 Å². The molecule has 2 fully saturated rings. The van der Waals surface area contributed by atoms with Crippen molar-refractivity contribution in [3.8, 4) is 5.75 Å². The summed E-state index contributed by atoms with van der Waals surface area (Å²) in [6, 6.07) is 15.7. The van der Waals surface area contributed by atoms with Crippen LogP contribution in [-0.2, 0) is 12.7 Å². The number of rotatable bonds is 7. The van der Waals surface area contributed by atoms with Crippen molar-refractivity contribution >= 4 is 11.6 Å². The Hall–Kier alpha value is -3.66. The van der Waals surface area contributed by atoms with Crippen LogP contribution in [-0.4, -0.2) is 49.1 Å². The minimum atomic E-state index is -4.37. The largest absolute Gasteiger partial charge is 0.487 e. The lowest BCUT2D eigenvalue weighted by Gasteiger charge is -2.34. The smallest absolute Gasteiger partial charge is 0.416 e. The minimum absolute atomic E-state index is 0.0131. The molecule has 5 rings (SSSR count). The number of anilines is 1. The molecule has 3 aromatic carbocycles. The second kappa shape index (κ2) is 12.5. The second-order valence-electron chi connectivity index (χ2n) is 10.6. The average Bonchev–Trinajstić information content (AvgIpc) is 2.96. The van der Waals surface area contributed by atoms with E-state index in [1.807, 2.05) is 4.90 Å². The molecule has 2 aliphatic rings. The van der Waals surface area contributed by atoms with Gasteiger partial charge in [0.05, 0.1) is 5.56 Å². The highest BCUT2D eigenvalue weighted by Crippen LogP contribution is 2.31. The Labute approximate surface area is 235 Å². The maximum absolute atomic E-state index is 14.9. The van der Waals surface area contributed by atoms with Crippen LogP contribution in [0, 0.1) is 11.6 Å². The van der Waals surface area contributed by atoms with Crippen molar-refractivity contribution in [1.82, 2.24) is 10.2 Å². The summed E-state index contributed by atoms with van der Waals surface area (Å²) in [6.07, 6.45) is -1.91. The summed E-state index contributed by atoms with van der Waals surface area (Å²) < 4.78 is 72.3. The van der Waals surface area contributed by atoms with Gasteiger partial charge in [0, 0.05) is 62.9 Å². The fraction of sp³-hybridized carbons (Fsp3) is 0.387. The van der Waals surface area contributed by atoms with Crippen molar-refractivity contribution in [2.24, 2.45) is 0 Å². The van der Waals surface area contributed by atoms with Crippen molar-refractivity contribution in [2.45, 2.75) is 50.6 Å². The Balaban J connectivity index is 1.07. The highest BCUT2D eigenvalue weighted by atomic mass is 19.4. The van der Waals surface area contributed by atoms with Gasteiger partial charge in [-0.3, -0.25) is 9.69 Å². The molecule has 0 aromatic heterocycles. The molecule has 41 heavy (non-hydrogen) atoms. The number of nitrogens with zero attached hydrogens (tertiary/aromatic N) is 2. The molecule has 0 spiro atoms. The van der Waals surface area contributed by atoms with E-state index in [1.165, 1.54) is 36.4 Å². The summed E-state index contributed by atoms with van der Waals surface area (Å²) in [5.74, 6) is -1.13. The summed E-state index contributed by atoms with van der Waals surface area (Å²) >= 11 is 0. The Morgan fingerprint density at radius 1 is 0.854 bits per heavy atom. The number of carbonyl (C=O) groups is 1. The zero-order valence-electron chi connectivity index (χ0n) is 22.5. The van der Waals surface area contributed by atoms with Crippen LogP contribution in [0.15, 0.2) is 66.7 Å². The van der Waals surface area contributed by atoms with E-state index in [4.69, 9.17) is 4.74 Å². The van der Waals surface area contributed by atoms with Crippen LogP contribution < -0.4 is 15.0 Å². The number of amides is 1. The Morgan fingerprint density at radius 2 is 1.51 bits per heavy atom. The molecule has 1 N–H and O–H groups in total. The van der Waals surface area contributed by atoms with E-state index in [0.29, 0.717) is 31.6 Å². The Morgan fingerprint density at radius 3 is 2.12 bits per heavy atom. The number of likely N-dealkylation sites (tertiary alicyclic amines) is 1. The number of benzene rings is 3. The zero-order valence-corrected chi connectivity index (χ0v) is 22.5. The van der Waals surface area contributed by atoms with Gasteiger partial charge in [0.2, 0.25) is 0 Å². The van der Waals surface area contributed by atoms with Crippen LogP contribution in [0.2, 0.25) is 0 Å². The van der Waals surface area contributed by atoms with Gasteiger partial charge in [-0.05, 0) is 73.0 Å². The first-order valence-electron chi connectivity index (χ1n) is 13.8. The molecule has 0 bridgehead atoms. The molecule has 2 saturated heterocycles. The first kappa shape index (κ1) is 28.9. The average molecular weight is 574 g/mol. The molecule has 3 aromatic rings. The van der Waals surface area contributed by atoms with Gasteiger partial charge in [0.1, 0.15) is 11.9 Å². The quantitative estimate of drug-likeness (QED) is 0.331. The van der Waals surface area contributed by atoms with Crippen LogP contribution in [0.1, 0.15) is 47.2 Å². The van der Waals surface area contributed by atoms with Crippen molar-refractivity contribution < 1.29 is 31.5 Å². The summed E-state index contributed by atoms with van der Waals surface area (Å²) in [7, 11) is 0. The predicted molar refractivity (Wildman–Crippen MR) is 146 cm³/mol. The molecular weight excluding hydrogens is 541 g/mol.